The summed E-state index contributed by atoms with van der Waals surface area (Å²) < 4.78 is 5.17. The number of benzene rings is 1. The minimum Gasteiger partial charge on any atom is -0.458 e. The van der Waals surface area contributed by atoms with Crippen LogP contribution in [-0.2, 0) is 20.9 Å². The molecule has 106 valence electrons. The van der Waals surface area contributed by atoms with Gasteiger partial charge in [-0.3, -0.25) is 0 Å². The molecule has 0 bridgehead atoms. The lowest BCUT2D eigenvalue weighted by atomic mass is 9.75. The van der Waals surface area contributed by atoms with E-state index in [4.69, 9.17) is 4.74 Å². The van der Waals surface area contributed by atoms with E-state index in [9.17, 15) is 9.59 Å². The molecule has 3 nitrogen and oxygen atoms in total. The van der Waals surface area contributed by atoms with E-state index in [1.807, 2.05) is 30.3 Å². The second-order valence-electron chi connectivity index (χ2n) is 5.34. The summed E-state index contributed by atoms with van der Waals surface area (Å²) >= 11 is 0. The van der Waals surface area contributed by atoms with Crippen LogP contribution in [0.3, 0.4) is 0 Å². The molecule has 1 aliphatic rings. The summed E-state index contributed by atoms with van der Waals surface area (Å²) in [7, 11) is 0. The molecule has 20 heavy (non-hydrogen) atoms. The zero-order chi connectivity index (χ0) is 14.3. The normalized spacial score (nSPS) is 17.8. The van der Waals surface area contributed by atoms with Crippen molar-refractivity contribution >= 4 is 12.3 Å². The van der Waals surface area contributed by atoms with E-state index < -0.39 is 5.41 Å². The highest BCUT2D eigenvalue weighted by molar-refractivity contribution is 5.83. The Hall–Kier alpha value is -1.90. The van der Waals surface area contributed by atoms with Gasteiger partial charge in [-0.25, -0.2) is 4.79 Å². The standard InChI is InChI=1S/C17H20O3/c18-14-17(10-5-2-6-11-17)12-9-16(19)20-13-15-7-3-1-4-8-15/h1,3-4,7-9,12,14H,2,5-6,10-11,13H2/b12-9+. The third kappa shape index (κ3) is 4.05. The molecule has 0 aromatic heterocycles. The second-order valence-corrected chi connectivity index (χ2v) is 5.34. The minimum atomic E-state index is -0.454. The van der Waals surface area contributed by atoms with Crippen LogP contribution in [0.2, 0.25) is 0 Å². The minimum absolute atomic E-state index is 0.262. The van der Waals surface area contributed by atoms with Gasteiger partial charge in [-0.15, -0.1) is 0 Å². The first-order chi connectivity index (χ1) is 9.74. The molecule has 0 aliphatic heterocycles. The van der Waals surface area contributed by atoms with E-state index in [-0.39, 0.29) is 12.6 Å². The molecule has 2 rings (SSSR count). The highest BCUT2D eigenvalue weighted by atomic mass is 16.5. The maximum absolute atomic E-state index is 11.7. The molecule has 0 amide bonds. The number of hydrogen-bond acceptors (Lipinski definition) is 3. The van der Waals surface area contributed by atoms with E-state index in [1.54, 1.807) is 6.08 Å². The summed E-state index contributed by atoms with van der Waals surface area (Å²) in [4.78, 5) is 23.0. The van der Waals surface area contributed by atoms with Crippen LogP contribution < -0.4 is 0 Å². The topological polar surface area (TPSA) is 43.4 Å². The van der Waals surface area contributed by atoms with Crippen molar-refractivity contribution in [3.8, 4) is 0 Å². The van der Waals surface area contributed by atoms with Gasteiger partial charge in [0.15, 0.2) is 0 Å². The van der Waals surface area contributed by atoms with Gasteiger partial charge in [0.1, 0.15) is 12.9 Å². The molecule has 3 heteroatoms. The molecule has 0 N–H and O–H groups in total. The summed E-state index contributed by atoms with van der Waals surface area (Å²) in [5, 5.41) is 0. The Kier molecular flexibility index (Phi) is 5.10. The lowest BCUT2D eigenvalue weighted by molar-refractivity contribution is -0.139. The Bertz CT molecular complexity index is 470. The van der Waals surface area contributed by atoms with Crippen molar-refractivity contribution in [2.24, 2.45) is 5.41 Å². The first-order valence-electron chi connectivity index (χ1n) is 7.10. The zero-order valence-corrected chi connectivity index (χ0v) is 11.6. The monoisotopic (exact) mass is 272 g/mol. The van der Waals surface area contributed by atoms with Gasteiger partial charge in [0.05, 0.1) is 0 Å². The van der Waals surface area contributed by atoms with Gasteiger partial charge in [0.2, 0.25) is 0 Å². The first kappa shape index (κ1) is 14.5. The third-order valence-corrected chi connectivity index (χ3v) is 3.79. The number of carbonyl (C=O) groups excluding carboxylic acids is 2. The van der Waals surface area contributed by atoms with Crippen LogP contribution in [0.25, 0.3) is 0 Å². The molecule has 1 aromatic rings. The molecule has 0 radical (unpaired) electrons. The fourth-order valence-corrected chi connectivity index (χ4v) is 2.54. The smallest absolute Gasteiger partial charge is 0.330 e. The second kappa shape index (κ2) is 7.04. The maximum atomic E-state index is 11.7. The third-order valence-electron chi connectivity index (χ3n) is 3.79. The average molecular weight is 272 g/mol. The Labute approximate surface area is 119 Å². The average Bonchev–Trinajstić information content (AvgIpc) is 2.53. The lowest BCUT2D eigenvalue weighted by Gasteiger charge is -2.28. The fourth-order valence-electron chi connectivity index (χ4n) is 2.54. The van der Waals surface area contributed by atoms with Crippen molar-refractivity contribution < 1.29 is 14.3 Å². The van der Waals surface area contributed by atoms with Crippen molar-refractivity contribution in [3.63, 3.8) is 0 Å². The van der Waals surface area contributed by atoms with E-state index in [1.165, 1.54) is 12.5 Å². The Morgan fingerprint density at radius 1 is 1.15 bits per heavy atom. The van der Waals surface area contributed by atoms with Gasteiger partial charge < -0.3 is 9.53 Å². The summed E-state index contributed by atoms with van der Waals surface area (Å²) in [6, 6.07) is 9.54. The van der Waals surface area contributed by atoms with Crippen molar-refractivity contribution in [2.75, 3.05) is 0 Å². The molecule has 1 fully saturated rings. The molecule has 1 aliphatic carbocycles. The van der Waals surface area contributed by atoms with Crippen LogP contribution in [0.1, 0.15) is 37.7 Å². The number of allylic oxidation sites excluding steroid dienone is 1. The Balaban J connectivity index is 1.87. The van der Waals surface area contributed by atoms with Crippen LogP contribution in [-0.4, -0.2) is 12.3 Å². The van der Waals surface area contributed by atoms with Gasteiger partial charge in [-0.2, -0.15) is 0 Å². The molecule has 0 heterocycles. The summed E-state index contributed by atoms with van der Waals surface area (Å²) in [5.41, 5.74) is 0.501. The number of esters is 1. The van der Waals surface area contributed by atoms with E-state index in [0.717, 1.165) is 37.5 Å². The predicted molar refractivity (Wildman–Crippen MR) is 77.0 cm³/mol. The zero-order valence-electron chi connectivity index (χ0n) is 11.6. The molecule has 0 unspecified atom stereocenters. The van der Waals surface area contributed by atoms with Crippen LogP contribution >= 0.6 is 0 Å². The maximum Gasteiger partial charge on any atom is 0.330 e. The van der Waals surface area contributed by atoms with Gasteiger partial charge in [-0.1, -0.05) is 55.7 Å². The van der Waals surface area contributed by atoms with Crippen molar-refractivity contribution in [1.82, 2.24) is 0 Å². The highest BCUT2D eigenvalue weighted by Crippen LogP contribution is 2.35. The molecule has 0 spiro atoms. The SMILES string of the molecule is O=CC1(/C=C/C(=O)OCc2ccccc2)CCCCC1. The number of ether oxygens (including phenoxy) is 1. The van der Waals surface area contributed by atoms with Gasteiger partial charge in [0.25, 0.3) is 0 Å². The van der Waals surface area contributed by atoms with Crippen molar-refractivity contribution in [3.05, 3.63) is 48.0 Å². The molecule has 0 saturated heterocycles. The van der Waals surface area contributed by atoms with Gasteiger partial charge in [-0.05, 0) is 18.4 Å². The van der Waals surface area contributed by atoms with Crippen LogP contribution in [0, 0.1) is 5.41 Å². The molecule has 0 atom stereocenters. The Morgan fingerprint density at radius 3 is 2.50 bits per heavy atom. The summed E-state index contributed by atoms with van der Waals surface area (Å²) in [5.74, 6) is -0.388. The van der Waals surface area contributed by atoms with E-state index >= 15 is 0 Å². The van der Waals surface area contributed by atoms with Crippen LogP contribution in [0.4, 0.5) is 0 Å². The molecular weight excluding hydrogens is 252 g/mol. The number of rotatable bonds is 5. The summed E-state index contributed by atoms with van der Waals surface area (Å²) in [6.45, 7) is 0.262. The molecule has 1 aromatic carbocycles. The quantitative estimate of drug-likeness (QED) is 0.468. The lowest BCUT2D eigenvalue weighted by Crippen LogP contribution is -2.23. The van der Waals surface area contributed by atoms with E-state index in [2.05, 4.69) is 0 Å². The highest BCUT2D eigenvalue weighted by Gasteiger charge is 2.28. The number of carbonyl (C=O) groups is 2. The van der Waals surface area contributed by atoms with Crippen molar-refractivity contribution in [2.45, 2.75) is 38.7 Å². The number of hydrogen-bond donors (Lipinski definition) is 0. The largest absolute Gasteiger partial charge is 0.458 e. The summed E-state index contributed by atoms with van der Waals surface area (Å²) in [6.07, 6.45) is 9.03. The predicted octanol–water partition coefficient (Wildman–Crippen LogP) is 3.44. The van der Waals surface area contributed by atoms with E-state index in [0.29, 0.717) is 0 Å². The fraction of sp³-hybridized carbons (Fsp3) is 0.412. The van der Waals surface area contributed by atoms with Crippen LogP contribution in [0.5, 0.6) is 0 Å². The van der Waals surface area contributed by atoms with Crippen LogP contribution in [0.15, 0.2) is 42.5 Å². The van der Waals surface area contributed by atoms with Gasteiger partial charge in [0, 0.05) is 11.5 Å². The Morgan fingerprint density at radius 2 is 1.85 bits per heavy atom. The number of aldehydes is 1. The first-order valence-corrected chi connectivity index (χ1v) is 7.10. The van der Waals surface area contributed by atoms with Crippen molar-refractivity contribution in [1.29, 1.82) is 0 Å². The van der Waals surface area contributed by atoms with Gasteiger partial charge >= 0.3 is 5.97 Å². The molecular formula is C17H20O3. The molecule has 1 saturated carbocycles.